The number of benzene rings is 4. The van der Waals surface area contributed by atoms with E-state index < -0.39 is 7.26 Å². The Hall–Kier alpha value is -3.66. The first-order chi connectivity index (χ1) is 14.9. The molecule has 4 rings (SSSR count). The monoisotopic (exact) mass is 405 g/mol. The molecule has 0 atom stereocenters. The number of nitrogens with one attached hydrogen (secondary N) is 1. The van der Waals surface area contributed by atoms with Crippen LogP contribution in [-0.2, 0) is 0 Å². The largest absolute Gasteiger partial charge is 0.358 e. The molecular weight excluding hydrogens is 383 g/mol. The summed E-state index contributed by atoms with van der Waals surface area (Å²) in [5.74, 6) is 0. The fraction of sp³-hybridized carbons (Fsp3) is 0. The molecule has 0 aromatic heterocycles. The lowest BCUT2D eigenvalue weighted by Crippen LogP contribution is -2.32. The summed E-state index contributed by atoms with van der Waals surface area (Å²) in [5, 5.41) is 18.0. The van der Waals surface area contributed by atoms with E-state index in [9.17, 15) is 5.26 Å². The third kappa shape index (κ3) is 3.77. The SMILES string of the molecule is N#CC(=CNc1ccccc1)[P+](c1ccccc1)(c1ccccc1)c1ccccc1. The predicted octanol–water partition coefficient (Wildman–Crippen LogP) is 5.46. The van der Waals surface area contributed by atoms with Gasteiger partial charge in [-0.05, 0) is 48.5 Å². The van der Waals surface area contributed by atoms with E-state index in [-0.39, 0.29) is 0 Å². The molecule has 0 radical (unpaired) electrons. The summed E-state index contributed by atoms with van der Waals surface area (Å²) in [6, 6.07) is 43.7. The molecule has 0 fully saturated rings. The van der Waals surface area contributed by atoms with E-state index in [0.717, 1.165) is 26.9 Å². The first-order valence-electron chi connectivity index (χ1n) is 9.84. The van der Waals surface area contributed by atoms with Gasteiger partial charge in [-0.2, -0.15) is 5.26 Å². The van der Waals surface area contributed by atoms with Gasteiger partial charge in [-0.3, -0.25) is 0 Å². The van der Waals surface area contributed by atoms with Crippen molar-refractivity contribution in [1.82, 2.24) is 0 Å². The van der Waals surface area contributed by atoms with Gasteiger partial charge in [0, 0.05) is 5.69 Å². The summed E-state index contributed by atoms with van der Waals surface area (Å²) in [7, 11) is -2.36. The minimum absolute atomic E-state index is 0.731. The number of anilines is 1. The number of hydrogen-bond donors (Lipinski definition) is 1. The molecule has 0 saturated heterocycles. The van der Waals surface area contributed by atoms with Gasteiger partial charge in [0.15, 0.2) is 7.26 Å². The Kier molecular flexibility index (Phi) is 6.04. The predicted molar refractivity (Wildman–Crippen MR) is 129 cm³/mol. The van der Waals surface area contributed by atoms with Gasteiger partial charge in [-0.15, -0.1) is 0 Å². The number of allylic oxidation sites excluding steroid dienone is 1. The highest BCUT2D eigenvalue weighted by Gasteiger charge is 2.50. The van der Waals surface area contributed by atoms with Gasteiger partial charge in [0.05, 0.1) is 6.20 Å². The lowest BCUT2D eigenvalue weighted by atomic mass is 10.3. The van der Waals surface area contributed by atoms with Crippen molar-refractivity contribution in [1.29, 1.82) is 5.26 Å². The van der Waals surface area contributed by atoms with Crippen LogP contribution in [-0.4, -0.2) is 0 Å². The van der Waals surface area contributed by atoms with Crippen molar-refractivity contribution < 1.29 is 0 Å². The molecular formula is C27H22N2P+. The number of para-hydroxylation sites is 1. The number of nitriles is 1. The van der Waals surface area contributed by atoms with Crippen LogP contribution in [0.5, 0.6) is 0 Å². The van der Waals surface area contributed by atoms with E-state index >= 15 is 0 Å². The van der Waals surface area contributed by atoms with Gasteiger partial charge in [-0.1, -0.05) is 72.8 Å². The molecule has 0 aliphatic carbocycles. The normalized spacial score (nSPS) is 11.5. The van der Waals surface area contributed by atoms with Crippen LogP contribution in [0.3, 0.4) is 0 Å². The van der Waals surface area contributed by atoms with Gasteiger partial charge >= 0.3 is 0 Å². The smallest absolute Gasteiger partial charge is 0.201 e. The molecule has 4 aromatic rings. The van der Waals surface area contributed by atoms with E-state index in [1.807, 2.05) is 54.7 Å². The van der Waals surface area contributed by atoms with Gasteiger partial charge in [0.1, 0.15) is 22.0 Å². The van der Waals surface area contributed by atoms with E-state index in [1.54, 1.807) is 0 Å². The lowest BCUT2D eigenvalue weighted by Gasteiger charge is -2.26. The highest BCUT2D eigenvalue weighted by molar-refractivity contribution is 7.99. The molecule has 0 aliphatic rings. The molecule has 3 heteroatoms. The summed E-state index contributed by atoms with van der Waals surface area (Å²) in [6.45, 7) is 0. The van der Waals surface area contributed by atoms with Crippen LogP contribution in [0.15, 0.2) is 133 Å². The van der Waals surface area contributed by atoms with Crippen molar-refractivity contribution in [2.75, 3.05) is 5.32 Å². The quantitative estimate of drug-likeness (QED) is 0.342. The molecule has 0 spiro atoms. The van der Waals surface area contributed by atoms with Gasteiger partial charge < -0.3 is 5.32 Å². The average Bonchev–Trinajstić information content (AvgIpc) is 2.84. The fourth-order valence-electron chi connectivity index (χ4n) is 3.71. The zero-order chi connectivity index (χ0) is 20.7. The Bertz CT molecular complexity index is 1050. The maximum atomic E-state index is 10.4. The van der Waals surface area contributed by atoms with E-state index in [4.69, 9.17) is 0 Å². The van der Waals surface area contributed by atoms with Crippen molar-refractivity contribution >= 4 is 28.9 Å². The summed E-state index contributed by atoms with van der Waals surface area (Å²) < 4.78 is 0. The van der Waals surface area contributed by atoms with Crippen LogP contribution < -0.4 is 21.2 Å². The van der Waals surface area contributed by atoms with Gasteiger partial charge in [0.25, 0.3) is 0 Å². The van der Waals surface area contributed by atoms with Crippen LogP contribution in [0.1, 0.15) is 0 Å². The summed E-state index contributed by atoms with van der Waals surface area (Å²) in [5.41, 5.74) is 0.956. The van der Waals surface area contributed by atoms with Crippen molar-refractivity contribution in [2.45, 2.75) is 0 Å². The molecule has 30 heavy (non-hydrogen) atoms. The Morgan fingerprint density at radius 2 is 0.967 bits per heavy atom. The van der Waals surface area contributed by atoms with Crippen molar-refractivity contribution in [2.24, 2.45) is 0 Å². The average molecular weight is 405 g/mol. The molecule has 0 aliphatic heterocycles. The Balaban J connectivity index is 2.00. The van der Waals surface area contributed by atoms with E-state index in [0.29, 0.717) is 0 Å². The number of hydrogen-bond acceptors (Lipinski definition) is 2. The maximum absolute atomic E-state index is 10.4. The van der Waals surface area contributed by atoms with E-state index in [1.165, 1.54) is 0 Å². The second-order valence-electron chi connectivity index (χ2n) is 6.83. The fourth-order valence-corrected chi connectivity index (χ4v) is 7.70. The van der Waals surface area contributed by atoms with Crippen molar-refractivity contribution in [3.05, 3.63) is 133 Å². The second-order valence-corrected chi connectivity index (χ2v) is 10.2. The molecule has 0 saturated carbocycles. The molecule has 144 valence electrons. The van der Waals surface area contributed by atoms with Crippen LogP contribution in [0.25, 0.3) is 0 Å². The lowest BCUT2D eigenvalue weighted by molar-refractivity contribution is 1.50. The van der Waals surface area contributed by atoms with E-state index in [2.05, 4.69) is 84.2 Å². The molecule has 1 N–H and O–H groups in total. The molecule has 0 unspecified atom stereocenters. The molecule has 2 nitrogen and oxygen atoms in total. The number of rotatable bonds is 6. The maximum Gasteiger partial charge on any atom is 0.201 e. The molecule has 4 aromatic carbocycles. The Labute approximate surface area is 178 Å². The minimum Gasteiger partial charge on any atom is -0.358 e. The number of nitrogens with zero attached hydrogens (tertiary/aromatic N) is 1. The molecule has 0 amide bonds. The Morgan fingerprint density at radius 1 is 0.600 bits per heavy atom. The highest BCUT2D eigenvalue weighted by Crippen LogP contribution is 2.62. The zero-order valence-corrected chi connectivity index (χ0v) is 17.4. The Morgan fingerprint density at radius 3 is 1.33 bits per heavy atom. The minimum atomic E-state index is -2.36. The van der Waals surface area contributed by atoms with Crippen molar-refractivity contribution in [3.63, 3.8) is 0 Å². The summed E-state index contributed by atoms with van der Waals surface area (Å²) in [4.78, 5) is 0. The second kappa shape index (κ2) is 9.23. The third-order valence-corrected chi connectivity index (χ3v) is 9.23. The van der Waals surface area contributed by atoms with Crippen LogP contribution in [0, 0.1) is 11.3 Å². The summed E-state index contributed by atoms with van der Waals surface area (Å²) in [6.07, 6.45) is 1.89. The third-order valence-electron chi connectivity index (χ3n) is 5.06. The van der Waals surface area contributed by atoms with Crippen LogP contribution in [0.2, 0.25) is 0 Å². The molecule has 0 bridgehead atoms. The van der Waals surface area contributed by atoms with Crippen molar-refractivity contribution in [3.8, 4) is 6.07 Å². The molecule has 0 heterocycles. The van der Waals surface area contributed by atoms with Gasteiger partial charge in [-0.25, -0.2) is 0 Å². The van der Waals surface area contributed by atoms with Gasteiger partial charge in [0.2, 0.25) is 5.31 Å². The van der Waals surface area contributed by atoms with Crippen LogP contribution >= 0.6 is 7.26 Å². The summed E-state index contributed by atoms with van der Waals surface area (Å²) >= 11 is 0. The zero-order valence-electron chi connectivity index (χ0n) is 16.5. The topological polar surface area (TPSA) is 35.8 Å². The first kappa shape index (κ1) is 19.6. The van der Waals surface area contributed by atoms with Crippen LogP contribution in [0.4, 0.5) is 5.69 Å². The first-order valence-corrected chi connectivity index (χ1v) is 11.6. The standard InChI is InChI=1S/C27H22N2P/c28-21-27(22-29-23-13-5-1-6-14-23)30(24-15-7-2-8-16-24,25-17-9-3-10-18-25)26-19-11-4-12-20-26/h1-20,22,29H/q+1. The highest BCUT2D eigenvalue weighted by atomic mass is 31.2.